The Hall–Kier alpha value is -2.31. The normalized spacial score (nSPS) is 15.9. The van der Waals surface area contributed by atoms with Crippen molar-refractivity contribution >= 4 is 44.6 Å². The molecular weight excluding hydrogens is 449 g/mol. The third kappa shape index (κ3) is 5.73. The monoisotopic (exact) mass is 473 g/mol. The zero-order valence-electron chi connectivity index (χ0n) is 17.2. The van der Waals surface area contributed by atoms with E-state index in [0.717, 1.165) is 23.1 Å². The number of fused-ring (bicyclic) bond motifs is 1. The number of benzene rings is 2. The number of nitrogens with zero attached hydrogens (tertiary/aromatic N) is 1. The maximum absolute atomic E-state index is 13.1. The van der Waals surface area contributed by atoms with Gasteiger partial charge in [-0.3, -0.25) is 4.79 Å². The quantitative estimate of drug-likeness (QED) is 0.330. The lowest BCUT2D eigenvalue weighted by Crippen LogP contribution is -2.54. The molecule has 8 nitrogen and oxygen atoms in total. The number of hydrogen-bond donors (Lipinski definition) is 4. The Balaban J connectivity index is 1.56. The molecule has 1 fully saturated rings. The smallest absolute Gasteiger partial charge is 0.426 e. The van der Waals surface area contributed by atoms with Gasteiger partial charge in [0.15, 0.2) is 0 Å². The minimum Gasteiger partial charge on any atom is -0.426 e. The van der Waals surface area contributed by atoms with Gasteiger partial charge in [0.1, 0.15) is 6.04 Å². The van der Waals surface area contributed by atoms with Crippen LogP contribution in [-0.2, 0) is 21.2 Å². The van der Waals surface area contributed by atoms with E-state index >= 15 is 0 Å². The third-order valence-electron chi connectivity index (χ3n) is 5.48. The van der Waals surface area contributed by atoms with Crippen molar-refractivity contribution in [3.63, 3.8) is 0 Å². The Morgan fingerprint density at radius 1 is 1.19 bits per heavy atom. The Kier molecular flexibility index (Phi) is 6.92. The first kappa shape index (κ1) is 22.9. The number of carbonyl (C=O) groups excluding carboxylic acids is 1. The van der Waals surface area contributed by atoms with Gasteiger partial charge in [-0.2, -0.15) is 4.72 Å². The highest BCUT2D eigenvalue weighted by Gasteiger charge is 2.35. The lowest BCUT2D eigenvalue weighted by atomic mass is 9.76. The molecule has 32 heavy (non-hydrogen) atoms. The molecule has 168 valence electrons. The summed E-state index contributed by atoms with van der Waals surface area (Å²) in [6, 6.07) is 12.5. The Bertz CT molecular complexity index is 1180. The minimum absolute atomic E-state index is 0.0387. The van der Waals surface area contributed by atoms with Crippen molar-refractivity contribution in [2.24, 2.45) is 5.92 Å². The molecule has 3 aromatic rings. The Morgan fingerprint density at radius 2 is 1.94 bits per heavy atom. The number of rotatable bonds is 10. The highest BCUT2D eigenvalue weighted by Crippen LogP contribution is 2.33. The van der Waals surface area contributed by atoms with Crippen LogP contribution in [0.4, 0.5) is 0 Å². The van der Waals surface area contributed by atoms with Crippen molar-refractivity contribution in [2.45, 2.75) is 42.6 Å². The number of aromatic nitrogens is 1. The molecule has 0 bridgehead atoms. The van der Waals surface area contributed by atoms with Crippen LogP contribution in [0.1, 0.15) is 24.8 Å². The van der Waals surface area contributed by atoms with Gasteiger partial charge in [0.25, 0.3) is 0 Å². The van der Waals surface area contributed by atoms with Crippen molar-refractivity contribution in [3.05, 3.63) is 59.6 Å². The van der Waals surface area contributed by atoms with Crippen LogP contribution in [0.2, 0.25) is 0 Å². The molecule has 2 unspecified atom stereocenters. The van der Waals surface area contributed by atoms with Crippen molar-refractivity contribution in [2.75, 3.05) is 0 Å². The van der Waals surface area contributed by atoms with Crippen LogP contribution in [-0.4, -0.2) is 48.5 Å². The highest BCUT2D eigenvalue weighted by atomic mass is 32.2. The molecule has 1 aliphatic carbocycles. The van der Waals surface area contributed by atoms with Crippen LogP contribution >= 0.6 is 11.3 Å². The van der Waals surface area contributed by atoms with Crippen molar-refractivity contribution in [1.82, 2.24) is 15.0 Å². The molecule has 1 heterocycles. The number of carbonyl (C=O) groups is 1. The predicted molar refractivity (Wildman–Crippen MR) is 123 cm³/mol. The summed E-state index contributed by atoms with van der Waals surface area (Å²) in [5.41, 5.74) is 3.12. The lowest BCUT2D eigenvalue weighted by molar-refractivity contribution is -0.123. The van der Waals surface area contributed by atoms with Gasteiger partial charge in [0, 0.05) is 0 Å². The molecule has 0 saturated heterocycles. The van der Waals surface area contributed by atoms with Gasteiger partial charge in [-0.25, -0.2) is 13.4 Å². The standard InChI is InChI=1S/C21H24BN3O5S2/c26-21(24-20(22(27)28)11-15-6-7-15)18(10-14-4-2-1-3-5-14)25-32(29,30)16-8-9-17-19(12-16)31-13-23-17/h1-5,8-9,12-13,15,18,20,25,27-28H,6-7,10-11H2,(H,24,26). The predicted octanol–water partition coefficient (Wildman–Crippen LogP) is 1.48. The number of hydrogen-bond acceptors (Lipinski definition) is 7. The second-order valence-corrected chi connectivity index (χ2v) is 10.7. The SMILES string of the molecule is O=C(NC(CC1CC1)B(O)O)C(Cc1ccccc1)NS(=O)(=O)c1ccc2ncsc2c1. The van der Waals surface area contributed by atoms with E-state index in [4.69, 9.17) is 0 Å². The van der Waals surface area contributed by atoms with E-state index in [-0.39, 0.29) is 11.3 Å². The summed E-state index contributed by atoms with van der Waals surface area (Å²) in [6.45, 7) is 0. The molecule has 11 heteroatoms. The fourth-order valence-electron chi connectivity index (χ4n) is 3.55. The van der Waals surface area contributed by atoms with E-state index in [1.807, 2.05) is 18.2 Å². The zero-order valence-corrected chi connectivity index (χ0v) is 18.8. The van der Waals surface area contributed by atoms with Gasteiger partial charge in [-0.15, -0.1) is 11.3 Å². The first-order valence-electron chi connectivity index (χ1n) is 10.4. The molecule has 2 aromatic carbocycles. The van der Waals surface area contributed by atoms with Crippen molar-refractivity contribution < 1.29 is 23.3 Å². The summed E-state index contributed by atoms with van der Waals surface area (Å²) >= 11 is 1.33. The molecule has 4 rings (SSSR count). The number of sulfonamides is 1. The highest BCUT2D eigenvalue weighted by molar-refractivity contribution is 7.89. The maximum atomic E-state index is 13.1. The lowest BCUT2D eigenvalue weighted by Gasteiger charge is -2.23. The summed E-state index contributed by atoms with van der Waals surface area (Å²) in [4.78, 5) is 17.3. The molecule has 0 aliphatic heterocycles. The van der Waals surface area contributed by atoms with Crippen LogP contribution in [0.5, 0.6) is 0 Å². The molecule has 1 saturated carbocycles. The molecular formula is C21H24BN3O5S2. The number of nitrogens with one attached hydrogen (secondary N) is 2. The van der Waals surface area contributed by atoms with Gasteiger partial charge in [-0.1, -0.05) is 43.2 Å². The van der Waals surface area contributed by atoms with Gasteiger partial charge >= 0.3 is 7.12 Å². The van der Waals surface area contributed by atoms with E-state index in [0.29, 0.717) is 17.9 Å². The summed E-state index contributed by atoms with van der Waals surface area (Å²) in [7, 11) is -5.74. The summed E-state index contributed by atoms with van der Waals surface area (Å²) in [5, 5.41) is 22.0. The van der Waals surface area contributed by atoms with E-state index in [2.05, 4.69) is 15.0 Å². The molecule has 0 radical (unpaired) electrons. The molecule has 4 N–H and O–H groups in total. The van der Waals surface area contributed by atoms with Gasteiger partial charge in [-0.05, 0) is 42.5 Å². The second-order valence-electron chi connectivity index (χ2n) is 8.05. The molecule has 2 atom stereocenters. The summed E-state index contributed by atoms with van der Waals surface area (Å²) < 4.78 is 29.4. The van der Waals surface area contributed by atoms with E-state index in [1.165, 1.54) is 23.5 Å². The molecule has 1 amide bonds. The average Bonchev–Trinajstić information content (AvgIpc) is 3.46. The molecule has 0 spiro atoms. The average molecular weight is 473 g/mol. The second kappa shape index (κ2) is 9.68. The van der Waals surface area contributed by atoms with Crippen LogP contribution in [0.15, 0.2) is 58.9 Å². The summed E-state index contributed by atoms with van der Waals surface area (Å²) in [6.07, 6.45) is 2.53. The topological polar surface area (TPSA) is 129 Å². The van der Waals surface area contributed by atoms with E-state index in [1.54, 1.807) is 23.7 Å². The maximum Gasteiger partial charge on any atom is 0.475 e. The van der Waals surface area contributed by atoms with Crippen LogP contribution in [0.3, 0.4) is 0 Å². The minimum atomic E-state index is -4.02. The zero-order chi connectivity index (χ0) is 22.7. The van der Waals surface area contributed by atoms with Gasteiger partial charge < -0.3 is 15.4 Å². The van der Waals surface area contributed by atoms with Crippen LogP contribution in [0, 0.1) is 5.92 Å². The van der Waals surface area contributed by atoms with E-state index < -0.39 is 35.0 Å². The third-order valence-corrected chi connectivity index (χ3v) is 7.74. The molecule has 1 aliphatic rings. The Labute approximate surface area is 190 Å². The van der Waals surface area contributed by atoms with Crippen LogP contribution < -0.4 is 10.0 Å². The number of thiazole rings is 1. The Morgan fingerprint density at radius 3 is 2.62 bits per heavy atom. The first-order valence-corrected chi connectivity index (χ1v) is 12.7. The van der Waals surface area contributed by atoms with Crippen molar-refractivity contribution in [1.29, 1.82) is 0 Å². The van der Waals surface area contributed by atoms with Gasteiger partial charge in [0.2, 0.25) is 15.9 Å². The van der Waals surface area contributed by atoms with Gasteiger partial charge in [0.05, 0.1) is 26.6 Å². The van der Waals surface area contributed by atoms with Crippen LogP contribution in [0.25, 0.3) is 10.2 Å². The fraction of sp³-hybridized carbons (Fsp3) is 0.333. The van der Waals surface area contributed by atoms with Crippen molar-refractivity contribution in [3.8, 4) is 0 Å². The summed E-state index contributed by atoms with van der Waals surface area (Å²) in [5.74, 6) is -1.11. The molecule has 1 aromatic heterocycles. The van der Waals surface area contributed by atoms with E-state index in [9.17, 15) is 23.3 Å². The first-order chi connectivity index (χ1) is 15.3. The fourth-order valence-corrected chi connectivity index (χ4v) is 5.56. The number of amides is 1. The largest absolute Gasteiger partial charge is 0.475 e.